The molecule has 0 N–H and O–H groups in total. The summed E-state index contributed by atoms with van der Waals surface area (Å²) in [6.45, 7) is 1.53. The van der Waals surface area contributed by atoms with Crippen LogP contribution in [-0.2, 0) is 0 Å². The van der Waals surface area contributed by atoms with Crippen LogP contribution in [0.3, 0.4) is 0 Å². The number of hydrogen-bond acceptors (Lipinski definition) is 3. The van der Waals surface area contributed by atoms with Crippen LogP contribution in [0.1, 0.15) is 6.42 Å². The predicted octanol–water partition coefficient (Wildman–Crippen LogP) is 1.02. The van der Waals surface area contributed by atoms with Crippen molar-refractivity contribution in [1.29, 1.82) is 0 Å². The Morgan fingerprint density at radius 3 is 3.24 bits per heavy atom. The fourth-order valence-electron chi connectivity index (χ4n) is 2.55. The van der Waals surface area contributed by atoms with Crippen molar-refractivity contribution in [2.75, 3.05) is 13.1 Å². The van der Waals surface area contributed by atoms with Crippen molar-refractivity contribution in [2.45, 2.75) is 12.6 Å². The summed E-state index contributed by atoms with van der Waals surface area (Å²) in [7, 11) is 0. The molecule has 5 nitrogen and oxygen atoms in total. The molecule has 2 aliphatic rings. The second-order valence-electron chi connectivity index (χ2n) is 4.43. The molecule has 5 heteroatoms. The van der Waals surface area contributed by atoms with Crippen molar-refractivity contribution in [2.24, 2.45) is 16.0 Å². The van der Waals surface area contributed by atoms with E-state index in [1.54, 1.807) is 0 Å². The molecular weight excluding hydrogens is 214 g/mol. The first-order valence-corrected chi connectivity index (χ1v) is 5.80. The van der Waals surface area contributed by atoms with Crippen LogP contribution in [0.25, 0.3) is 16.6 Å². The number of benzene rings is 1. The smallest absolute Gasteiger partial charge is 0.124 e. The van der Waals surface area contributed by atoms with E-state index in [-0.39, 0.29) is 6.17 Å². The summed E-state index contributed by atoms with van der Waals surface area (Å²) in [4.78, 5) is 9.84. The van der Waals surface area contributed by atoms with Crippen molar-refractivity contribution in [1.82, 2.24) is 4.90 Å². The van der Waals surface area contributed by atoms with Crippen LogP contribution in [0.2, 0.25) is 0 Å². The molecule has 86 valence electrons. The van der Waals surface area contributed by atoms with Gasteiger partial charge in [-0.3, -0.25) is 4.99 Å². The molecule has 2 heterocycles. The van der Waals surface area contributed by atoms with Crippen LogP contribution in [0.5, 0.6) is 0 Å². The lowest BCUT2D eigenvalue weighted by atomic mass is 10.1. The number of azide groups is 1. The van der Waals surface area contributed by atoms with Crippen molar-refractivity contribution < 1.29 is 0 Å². The lowest BCUT2D eigenvalue weighted by Gasteiger charge is -2.25. The first kappa shape index (κ1) is 10.2. The lowest BCUT2D eigenvalue weighted by Crippen LogP contribution is -2.40. The molecule has 1 fully saturated rings. The Balaban J connectivity index is 1.98. The summed E-state index contributed by atoms with van der Waals surface area (Å²) >= 11 is 0. The minimum Gasteiger partial charge on any atom is -0.355 e. The van der Waals surface area contributed by atoms with Gasteiger partial charge in [0.15, 0.2) is 0 Å². The van der Waals surface area contributed by atoms with E-state index >= 15 is 0 Å². The SMILES string of the molecule is [N-]=[N+]=NCC1CCN2C=c3ccccc3=NC12. The van der Waals surface area contributed by atoms with E-state index < -0.39 is 0 Å². The van der Waals surface area contributed by atoms with E-state index in [0.29, 0.717) is 12.5 Å². The fraction of sp³-hybridized carbons (Fsp3) is 0.417. The topological polar surface area (TPSA) is 64.4 Å². The normalized spacial score (nSPS) is 25.1. The molecule has 1 aromatic carbocycles. The van der Waals surface area contributed by atoms with Gasteiger partial charge in [0.05, 0.1) is 5.36 Å². The van der Waals surface area contributed by atoms with Crippen LogP contribution < -0.4 is 10.6 Å². The van der Waals surface area contributed by atoms with Crippen LogP contribution in [0.4, 0.5) is 0 Å². The summed E-state index contributed by atoms with van der Waals surface area (Å²) in [6, 6.07) is 8.14. The third-order valence-corrected chi connectivity index (χ3v) is 3.41. The van der Waals surface area contributed by atoms with Crippen LogP contribution in [0, 0.1) is 5.92 Å². The second kappa shape index (κ2) is 4.11. The standard InChI is InChI=1S/C12H13N5/c13-16-14-7-9-5-6-17-8-10-3-1-2-4-11(10)15-12(9)17/h1-4,8-9,12H,5-7H2. The molecule has 0 aromatic heterocycles. The average Bonchev–Trinajstić information content (AvgIpc) is 2.76. The molecule has 0 radical (unpaired) electrons. The van der Waals surface area contributed by atoms with Gasteiger partial charge in [0.2, 0.25) is 0 Å². The molecule has 0 saturated carbocycles. The zero-order valence-corrected chi connectivity index (χ0v) is 9.40. The molecule has 0 aliphatic carbocycles. The molecule has 2 unspecified atom stereocenters. The van der Waals surface area contributed by atoms with Crippen LogP contribution in [-0.4, -0.2) is 24.2 Å². The number of hydrogen-bond donors (Lipinski definition) is 0. The Kier molecular flexibility index (Phi) is 2.46. The Morgan fingerprint density at radius 1 is 1.47 bits per heavy atom. The van der Waals surface area contributed by atoms with Crippen LogP contribution in [0.15, 0.2) is 34.4 Å². The van der Waals surface area contributed by atoms with Gasteiger partial charge in [-0.15, -0.1) is 0 Å². The summed E-state index contributed by atoms with van der Waals surface area (Å²) in [5.74, 6) is 0.343. The van der Waals surface area contributed by atoms with Crippen molar-refractivity contribution in [3.63, 3.8) is 0 Å². The predicted molar refractivity (Wildman–Crippen MR) is 64.3 cm³/mol. The van der Waals surface area contributed by atoms with E-state index in [4.69, 9.17) is 10.5 Å². The summed E-state index contributed by atoms with van der Waals surface area (Å²) in [6.07, 6.45) is 3.36. The summed E-state index contributed by atoms with van der Waals surface area (Å²) in [5.41, 5.74) is 8.39. The highest BCUT2D eigenvalue weighted by atomic mass is 15.3. The Morgan fingerprint density at radius 2 is 2.35 bits per heavy atom. The fourth-order valence-corrected chi connectivity index (χ4v) is 2.55. The van der Waals surface area contributed by atoms with E-state index in [2.05, 4.69) is 27.2 Å². The van der Waals surface area contributed by atoms with Gasteiger partial charge in [-0.1, -0.05) is 23.3 Å². The van der Waals surface area contributed by atoms with Crippen molar-refractivity contribution in [3.05, 3.63) is 45.3 Å². The van der Waals surface area contributed by atoms with Crippen molar-refractivity contribution >= 4 is 6.20 Å². The molecule has 0 spiro atoms. The van der Waals surface area contributed by atoms with Gasteiger partial charge in [-0.25, -0.2) is 0 Å². The molecule has 3 rings (SSSR count). The zero-order chi connectivity index (χ0) is 11.7. The van der Waals surface area contributed by atoms with E-state index in [9.17, 15) is 0 Å². The van der Waals surface area contributed by atoms with Gasteiger partial charge in [-0.2, -0.15) is 0 Å². The maximum atomic E-state index is 8.39. The molecule has 0 amide bonds. The lowest BCUT2D eigenvalue weighted by molar-refractivity contribution is 0.328. The van der Waals surface area contributed by atoms with Gasteiger partial charge in [-0.05, 0) is 18.0 Å². The number of rotatable bonds is 2. The Hall–Kier alpha value is -2.00. The third kappa shape index (κ3) is 1.74. The van der Waals surface area contributed by atoms with Gasteiger partial charge in [0.25, 0.3) is 0 Å². The number of nitrogens with zero attached hydrogens (tertiary/aromatic N) is 5. The monoisotopic (exact) mass is 227 g/mol. The zero-order valence-electron chi connectivity index (χ0n) is 9.40. The molecular formula is C12H13N5. The maximum Gasteiger partial charge on any atom is 0.124 e. The highest BCUT2D eigenvalue weighted by Crippen LogP contribution is 2.26. The summed E-state index contributed by atoms with van der Waals surface area (Å²) < 4.78 is 0. The van der Waals surface area contributed by atoms with Gasteiger partial charge in [0.1, 0.15) is 6.17 Å². The number of fused-ring (bicyclic) bond motifs is 2. The molecule has 1 aromatic rings. The first-order chi connectivity index (χ1) is 8.38. The Labute approximate surface area is 98.7 Å². The molecule has 1 saturated heterocycles. The van der Waals surface area contributed by atoms with E-state index in [1.165, 1.54) is 5.22 Å². The maximum absolute atomic E-state index is 8.39. The Bertz CT molecular complexity index is 587. The van der Waals surface area contributed by atoms with E-state index in [0.717, 1.165) is 18.3 Å². The highest BCUT2D eigenvalue weighted by Gasteiger charge is 2.32. The average molecular weight is 227 g/mol. The molecule has 0 bridgehead atoms. The van der Waals surface area contributed by atoms with E-state index in [1.807, 2.05) is 18.2 Å². The minimum atomic E-state index is 0.149. The van der Waals surface area contributed by atoms with Gasteiger partial charge >= 0.3 is 0 Å². The number of para-hydroxylation sites is 1. The minimum absolute atomic E-state index is 0.149. The molecule has 2 atom stereocenters. The largest absolute Gasteiger partial charge is 0.355 e. The van der Waals surface area contributed by atoms with Crippen LogP contribution >= 0.6 is 0 Å². The highest BCUT2D eigenvalue weighted by molar-refractivity contribution is 5.27. The van der Waals surface area contributed by atoms with Gasteiger partial charge in [0, 0.05) is 35.3 Å². The quantitative estimate of drug-likeness (QED) is 0.422. The summed E-state index contributed by atoms with van der Waals surface area (Å²) in [5, 5.41) is 5.90. The third-order valence-electron chi connectivity index (χ3n) is 3.41. The van der Waals surface area contributed by atoms with Gasteiger partial charge < -0.3 is 4.90 Å². The molecule has 2 aliphatic heterocycles. The first-order valence-electron chi connectivity index (χ1n) is 5.80. The molecule has 17 heavy (non-hydrogen) atoms. The van der Waals surface area contributed by atoms with Crippen molar-refractivity contribution in [3.8, 4) is 0 Å². The second-order valence-corrected chi connectivity index (χ2v) is 4.43.